The van der Waals surface area contributed by atoms with Crippen molar-refractivity contribution in [1.29, 1.82) is 0 Å². The summed E-state index contributed by atoms with van der Waals surface area (Å²) in [7, 11) is 2.05. The fraction of sp³-hybridized carbons (Fsp3) is 0.750. The summed E-state index contributed by atoms with van der Waals surface area (Å²) in [4.78, 5) is 4.20. The maximum absolute atomic E-state index is 4.20. The first-order chi connectivity index (χ1) is 6.75. The summed E-state index contributed by atoms with van der Waals surface area (Å²) in [6.07, 6.45) is 4.21. The van der Waals surface area contributed by atoms with Gasteiger partial charge in [-0.15, -0.1) is 0 Å². The third kappa shape index (κ3) is 5.05. The monoisotopic (exact) mass is 198 g/mol. The van der Waals surface area contributed by atoms with Gasteiger partial charge in [0.15, 0.2) is 0 Å². The number of imidazole rings is 1. The lowest BCUT2D eigenvalue weighted by Crippen LogP contribution is -1.95. The average molecular weight is 198 g/mol. The van der Waals surface area contributed by atoms with Crippen LogP contribution in [0.1, 0.15) is 52.4 Å². The summed E-state index contributed by atoms with van der Waals surface area (Å²) in [5.41, 5.74) is 2.53. The molecule has 0 atom stereocenters. The lowest BCUT2D eigenvalue weighted by Gasteiger charge is -1.99. The van der Waals surface area contributed by atoms with E-state index in [1.54, 1.807) is 0 Å². The number of nitrogens with zero attached hydrogens (tertiary/aromatic N) is 2. The van der Waals surface area contributed by atoms with Crippen LogP contribution in [-0.4, -0.2) is 9.55 Å². The minimum atomic E-state index is 1.14. The number of hydrogen-bond acceptors (Lipinski definition) is 1. The molecule has 1 aromatic heterocycles. The van der Waals surface area contributed by atoms with Crippen LogP contribution in [-0.2, 0) is 13.5 Å². The fourth-order valence-corrected chi connectivity index (χ4v) is 1.17. The van der Waals surface area contributed by atoms with Crippen LogP contribution in [0.5, 0.6) is 0 Å². The van der Waals surface area contributed by atoms with Crippen molar-refractivity contribution in [2.75, 3.05) is 0 Å². The van der Waals surface area contributed by atoms with E-state index < -0.39 is 0 Å². The average Bonchev–Trinajstić information content (AvgIpc) is 2.56. The van der Waals surface area contributed by atoms with E-state index in [1.165, 1.54) is 17.8 Å². The molecule has 14 heavy (non-hydrogen) atoms. The first kappa shape index (κ1) is 15.7. The highest BCUT2D eigenvalue weighted by atomic mass is 15.0. The van der Waals surface area contributed by atoms with E-state index in [0.29, 0.717) is 0 Å². The zero-order valence-corrected chi connectivity index (χ0v) is 10.9. The molecule has 0 spiro atoms. The molecular weight excluding hydrogens is 172 g/mol. The van der Waals surface area contributed by atoms with Crippen molar-refractivity contribution in [2.24, 2.45) is 7.05 Å². The van der Waals surface area contributed by atoms with E-state index in [2.05, 4.69) is 23.4 Å². The van der Waals surface area contributed by atoms with Crippen molar-refractivity contribution >= 4 is 0 Å². The second-order valence-electron chi connectivity index (χ2n) is 2.64. The molecule has 0 aliphatic rings. The topological polar surface area (TPSA) is 17.8 Å². The van der Waals surface area contributed by atoms with Gasteiger partial charge in [-0.05, 0) is 13.3 Å². The maximum atomic E-state index is 4.20. The molecule has 0 amide bonds. The Balaban J connectivity index is 0. The maximum Gasteiger partial charge on any atom is 0.0948 e. The third-order valence-electron chi connectivity index (χ3n) is 1.75. The normalized spacial score (nSPS) is 8.21. The highest BCUT2D eigenvalue weighted by molar-refractivity contribution is 5.10. The van der Waals surface area contributed by atoms with Gasteiger partial charge in [-0.25, -0.2) is 4.98 Å². The first-order valence-corrected chi connectivity index (χ1v) is 5.72. The molecule has 1 heterocycles. The molecule has 0 aliphatic carbocycles. The Morgan fingerprint density at radius 1 is 1.21 bits per heavy atom. The standard InChI is InChI=1S/C8H14N2.2C2H6/c1-4-5-8-7(2)9-6-10(8)3;2*1-2/h6H,4-5H2,1-3H3;2*1-2H3. The Kier molecular flexibility index (Phi) is 11.5. The number of hydrogen-bond donors (Lipinski definition) is 0. The Morgan fingerprint density at radius 2 is 1.71 bits per heavy atom. The van der Waals surface area contributed by atoms with Crippen LogP contribution < -0.4 is 0 Å². The summed E-state index contributed by atoms with van der Waals surface area (Å²) < 4.78 is 2.10. The molecule has 2 heteroatoms. The molecule has 0 aliphatic heterocycles. The third-order valence-corrected chi connectivity index (χ3v) is 1.75. The summed E-state index contributed by atoms with van der Waals surface area (Å²) in [5.74, 6) is 0. The molecule has 0 radical (unpaired) electrons. The molecule has 0 aromatic carbocycles. The number of aryl methyl sites for hydroxylation is 2. The van der Waals surface area contributed by atoms with Crippen molar-refractivity contribution in [3.63, 3.8) is 0 Å². The van der Waals surface area contributed by atoms with Gasteiger partial charge in [0.1, 0.15) is 0 Å². The smallest absolute Gasteiger partial charge is 0.0948 e. The fourth-order valence-electron chi connectivity index (χ4n) is 1.17. The zero-order chi connectivity index (χ0) is 11.6. The van der Waals surface area contributed by atoms with Crippen LogP contribution >= 0.6 is 0 Å². The van der Waals surface area contributed by atoms with E-state index in [0.717, 1.165) is 6.42 Å². The molecule has 0 unspecified atom stereocenters. The Hall–Kier alpha value is -0.790. The van der Waals surface area contributed by atoms with Gasteiger partial charge in [-0.3, -0.25) is 0 Å². The van der Waals surface area contributed by atoms with Crippen molar-refractivity contribution in [1.82, 2.24) is 9.55 Å². The van der Waals surface area contributed by atoms with Gasteiger partial charge in [0.05, 0.1) is 12.0 Å². The minimum absolute atomic E-state index is 1.14. The van der Waals surface area contributed by atoms with Crippen molar-refractivity contribution in [3.8, 4) is 0 Å². The van der Waals surface area contributed by atoms with Crippen molar-refractivity contribution < 1.29 is 0 Å². The molecule has 84 valence electrons. The van der Waals surface area contributed by atoms with Crippen LogP contribution in [0.3, 0.4) is 0 Å². The van der Waals surface area contributed by atoms with Gasteiger partial charge in [0.2, 0.25) is 0 Å². The van der Waals surface area contributed by atoms with E-state index in [4.69, 9.17) is 0 Å². The SMILES string of the molecule is CC.CC.CCCc1c(C)ncn1C. The van der Waals surface area contributed by atoms with Gasteiger partial charge >= 0.3 is 0 Å². The molecule has 1 aromatic rings. The summed E-state index contributed by atoms with van der Waals surface area (Å²) >= 11 is 0. The molecule has 0 saturated carbocycles. The van der Waals surface area contributed by atoms with Crippen LogP contribution in [0.4, 0.5) is 0 Å². The molecule has 0 bridgehead atoms. The molecule has 2 nitrogen and oxygen atoms in total. The van der Waals surface area contributed by atoms with Crippen molar-refractivity contribution in [2.45, 2.75) is 54.4 Å². The molecular formula is C12H26N2. The van der Waals surface area contributed by atoms with Gasteiger partial charge in [0, 0.05) is 12.7 Å². The predicted molar refractivity (Wildman–Crippen MR) is 64.6 cm³/mol. The van der Waals surface area contributed by atoms with E-state index in [1.807, 2.05) is 41.1 Å². The van der Waals surface area contributed by atoms with Crippen LogP contribution in [0.15, 0.2) is 6.33 Å². The molecule has 0 N–H and O–H groups in total. The highest BCUT2D eigenvalue weighted by Crippen LogP contribution is 2.06. The van der Waals surface area contributed by atoms with Gasteiger partial charge in [-0.2, -0.15) is 0 Å². The second kappa shape index (κ2) is 10.3. The summed E-state index contributed by atoms with van der Waals surface area (Å²) in [5, 5.41) is 0. The summed E-state index contributed by atoms with van der Waals surface area (Å²) in [6, 6.07) is 0. The summed E-state index contributed by atoms with van der Waals surface area (Å²) in [6.45, 7) is 12.2. The first-order valence-electron chi connectivity index (χ1n) is 5.72. The minimum Gasteiger partial charge on any atom is -0.337 e. The Labute approximate surface area is 89.4 Å². The van der Waals surface area contributed by atoms with E-state index in [-0.39, 0.29) is 0 Å². The van der Waals surface area contributed by atoms with Crippen molar-refractivity contribution in [3.05, 3.63) is 17.7 Å². The van der Waals surface area contributed by atoms with E-state index >= 15 is 0 Å². The molecule has 0 fully saturated rings. The van der Waals surface area contributed by atoms with Crippen LogP contribution in [0.2, 0.25) is 0 Å². The van der Waals surface area contributed by atoms with Crippen LogP contribution in [0, 0.1) is 6.92 Å². The quantitative estimate of drug-likeness (QED) is 0.708. The number of rotatable bonds is 2. The Bertz CT molecular complexity index is 195. The van der Waals surface area contributed by atoms with Gasteiger partial charge in [0.25, 0.3) is 0 Å². The predicted octanol–water partition coefficient (Wildman–Crippen LogP) is 3.73. The van der Waals surface area contributed by atoms with Gasteiger partial charge < -0.3 is 4.57 Å². The molecule has 1 rings (SSSR count). The zero-order valence-electron chi connectivity index (χ0n) is 10.9. The Morgan fingerprint density at radius 3 is 2.00 bits per heavy atom. The lowest BCUT2D eigenvalue weighted by molar-refractivity contribution is 0.780. The lowest BCUT2D eigenvalue weighted by atomic mass is 10.2. The highest BCUT2D eigenvalue weighted by Gasteiger charge is 2.00. The number of aromatic nitrogens is 2. The molecule has 0 saturated heterocycles. The van der Waals surface area contributed by atoms with Gasteiger partial charge in [-0.1, -0.05) is 41.0 Å². The second-order valence-corrected chi connectivity index (χ2v) is 2.64. The van der Waals surface area contributed by atoms with Crippen LogP contribution in [0.25, 0.3) is 0 Å². The van der Waals surface area contributed by atoms with E-state index in [9.17, 15) is 0 Å². The largest absolute Gasteiger partial charge is 0.337 e.